The molecule has 1 aromatic heterocycles. The number of halogens is 1. The van der Waals surface area contributed by atoms with E-state index in [1.807, 2.05) is 6.07 Å². The molecule has 0 unspecified atom stereocenters. The number of nitrogens with zero attached hydrogens (tertiary/aromatic N) is 1. The van der Waals surface area contributed by atoms with Gasteiger partial charge in [0.1, 0.15) is 0 Å². The van der Waals surface area contributed by atoms with E-state index in [0.717, 1.165) is 16.4 Å². The molecule has 130 valence electrons. The number of rotatable bonds is 3. The minimum Gasteiger partial charge on any atom is -0.310 e. The van der Waals surface area contributed by atoms with Crippen molar-refractivity contribution < 1.29 is 0 Å². The van der Waals surface area contributed by atoms with Gasteiger partial charge < -0.3 is 4.90 Å². The van der Waals surface area contributed by atoms with Crippen molar-refractivity contribution in [3.8, 4) is 0 Å². The van der Waals surface area contributed by atoms with Crippen LogP contribution in [0.2, 0.25) is 5.02 Å². The Balaban J connectivity index is 1.84. The van der Waals surface area contributed by atoms with Crippen molar-refractivity contribution in [1.29, 1.82) is 0 Å². The third-order valence-electron chi connectivity index (χ3n) is 4.71. The van der Waals surface area contributed by atoms with Crippen molar-refractivity contribution in [2.45, 2.75) is 0 Å². The van der Waals surface area contributed by atoms with E-state index in [9.17, 15) is 0 Å². The maximum Gasteiger partial charge on any atom is 0.0554 e. The third kappa shape index (κ3) is 2.87. The molecule has 0 radical (unpaired) electrons. The summed E-state index contributed by atoms with van der Waals surface area (Å²) in [5, 5.41) is 3.28. The maximum atomic E-state index is 6.24. The highest BCUT2D eigenvalue weighted by Gasteiger charge is 2.17. The van der Waals surface area contributed by atoms with Crippen molar-refractivity contribution in [2.24, 2.45) is 0 Å². The van der Waals surface area contributed by atoms with Gasteiger partial charge in [0.15, 0.2) is 0 Å². The van der Waals surface area contributed by atoms with E-state index in [0.29, 0.717) is 0 Å². The lowest BCUT2D eigenvalue weighted by Crippen LogP contribution is -2.09. The molecule has 27 heavy (non-hydrogen) atoms. The molecule has 0 fully saturated rings. The predicted octanol–water partition coefficient (Wildman–Crippen LogP) is 8.18. The molecule has 0 saturated carbocycles. The SMILES string of the molecule is Clc1ccc2c(c1)sc1cccc(N(c3ccccc3)c3ccccc3)c12. The van der Waals surface area contributed by atoms with E-state index < -0.39 is 0 Å². The number of para-hydroxylation sites is 2. The molecule has 0 aliphatic heterocycles. The van der Waals surface area contributed by atoms with E-state index in [1.54, 1.807) is 11.3 Å². The minimum absolute atomic E-state index is 0.776. The molecule has 4 aromatic carbocycles. The summed E-state index contributed by atoms with van der Waals surface area (Å²) in [6, 6.07) is 33.7. The highest BCUT2D eigenvalue weighted by atomic mass is 35.5. The fourth-order valence-electron chi connectivity index (χ4n) is 3.55. The van der Waals surface area contributed by atoms with Crippen molar-refractivity contribution in [2.75, 3.05) is 4.90 Å². The van der Waals surface area contributed by atoms with Gasteiger partial charge in [0, 0.05) is 36.6 Å². The average Bonchev–Trinajstić information content (AvgIpc) is 3.08. The molecule has 0 N–H and O–H groups in total. The summed E-state index contributed by atoms with van der Waals surface area (Å²) in [4.78, 5) is 2.32. The Morgan fingerprint density at radius 3 is 1.96 bits per heavy atom. The summed E-state index contributed by atoms with van der Waals surface area (Å²) in [7, 11) is 0. The van der Waals surface area contributed by atoms with Gasteiger partial charge in [-0.3, -0.25) is 0 Å². The second-order valence-electron chi connectivity index (χ2n) is 6.40. The van der Waals surface area contributed by atoms with Crippen LogP contribution in [0, 0.1) is 0 Å². The standard InChI is InChI=1S/C24H16ClNS/c25-17-14-15-20-23(16-17)27-22-13-7-12-21(24(20)22)26(18-8-3-1-4-9-18)19-10-5-2-6-11-19/h1-16H. The number of benzene rings is 4. The lowest BCUT2D eigenvalue weighted by molar-refractivity contribution is 1.30. The number of fused-ring (bicyclic) bond motifs is 3. The summed E-state index contributed by atoms with van der Waals surface area (Å²) in [5.74, 6) is 0. The fraction of sp³-hybridized carbons (Fsp3) is 0. The molecule has 0 aliphatic rings. The first-order valence-corrected chi connectivity index (χ1v) is 10.0. The number of thiophene rings is 1. The zero-order valence-corrected chi connectivity index (χ0v) is 16.0. The minimum atomic E-state index is 0.776. The number of hydrogen-bond acceptors (Lipinski definition) is 2. The first-order chi connectivity index (χ1) is 13.3. The highest BCUT2D eigenvalue weighted by Crippen LogP contribution is 2.44. The average molecular weight is 386 g/mol. The Morgan fingerprint density at radius 1 is 0.630 bits per heavy atom. The van der Waals surface area contributed by atoms with Crippen LogP contribution < -0.4 is 4.90 Å². The van der Waals surface area contributed by atoms with E-state index in [4.69, 9.17) is 11.6 Å². The third-order valence-corrected chi connectivity index (χ3v) is 6.06. The van der Waals surface area contributed by atoms with Crippen LogP contribution in [-0.2, 0) is 0 Å². The Hall–Kier alpha value is -2.81. The molecule has 0 atom stereocenters. The van der Waals surface area contributed by atoms with Crippen LogP contribution in [0.3, 0.4) is 0 Å². The zero-order chi connectivity index (χ0) is 18.2. The van der Waals surface area contributed by atoms with Crippen LogP contribution in [0.25, 0.3) is 20.2 Å². The second-order valence-corrected chi connectivity index (χ2v) is 7.92. The number of hydrogen-bond donors (Lipinski definition) is 0. The fourth-order valence-corrected chi connectivity index (χ4v) is 4.95. The van der Waals surface area contributed by atoms with Gasteiger partial charge in [-0.25, -0.2) is 0 Å². The molecule has 5 aromatic rings. The predicted molar refractivity (Wildman–Crippen MR) is 119 cm³/mol. The van der Waals surface area contributed by atoms with Crippen molar-refractivity contribution in [3.05, 3.63) is 102 Å². The molecule has 1 heterocycles. The first kappa shape index (κ1) is 16.4. The van der Waals surface area contributed by atoms with Gasteiger partial charge in [-0.1, -0.05) is 60.1 Å². The summed E-state index contributed by atoms with van der Waals surface area (Å²) < 4.78 is 2.48. The first-order valence-electron chi connectivity index (χ1n) is 8.82. The largest absolute Gasteiger partial charge is 0.310 e. The van der Waals surface area contributed by atoms with Crippen LogP contribution in [0.15, 0.2) is 97.1 Å². The molecule has 0 bridgehead atoms. The second kappa shape index (κ2) is 6.73. The topological polar surface area (TPSA) is 3.24 Å². The lowest BCUT2D eigenvalue weighted by Gasteiger charge is -2.26. The van der Waals surface area contributed by atoms with Crippen molar-refractivity contribution >= 4 is 60.2 Å². The van der Waals surface area contributed by atoms with Crippen molar-refractivity contribution in [3.63, 3.8) is 0 Å². The monoisotopic (exact) mass is 385 g/mol. The van der Waals surface area contributed by atoms with E-state index in [2.05, 4.69) is 95.9 Å². The van der Waals surface area contributed by atoms with E-state index in [-0.39, 0.29) is 0 Å². The Bertz CT molecular complexity index is 1190. The van der Waals surface area contributed by atoms with Gasteiger partial charge in [0.25, 0.3) is 0 Å². The summed E-state index contributed by atoms with van der Waals surface area (Å²) >= 11 is 8.02. The quantitative estimate of drug-likeness (QED) is 0.302. The Kier molecular flexibility index (Phi) is 4.08. The van der Waals surface area contributed by atoms with E-state index >= 15 is 0 Å². The highest BCUT2D eigenvalue weighted by molar-refractivity contribution is 7.26. The van der Waals surface area contributed by atoms with Crippen LogP contribution in [0.5, 0.6) is 0 Å². The van der Waals surface area contributed by atoms with Gasteiger partial charge in [-0.2, -0.15) is 0 Å². The molecule has 0 amide bonds. The van der Waals surface area contributed by atoms with Crippen LogP contribution in [0.4, 0.5) is 17.1 Å². The van der Waals surface area contributed by atoms with Gasteiger partial charge in [-0.05, 0) is 48.5 Å². The van der Waals surface area contributed by atoms with Gasteiger partial charge in [0.2, 0.25) is 0 Å². The molecule has 0 saturated heterocycles. The van der Waals surface area contributed by atoms with Crippen LogP contribution in [-0.4, -0.2) is 0 Å². The van der Waals surface area contributed by atoms with E-state index in [1.165, 1.54) is 25.9 Å². The Morgan fingerprint density at radius 2 is 1.30 bits per heavy atom. The number of anilines is 3. The molecular formula is C24H16ClNS. The van der Waals surface area contributed by atoms with Gasteiger partial charge in [-0.15, -0.1) is 11.3 Å². The molecular weight excluding hydrogens is 370 g/mol. The smallest absolute Gasteiger partial charge is 0.0554 e. The lowest BCUT2D eigenvalue weighted by atomic mass is 10.1. The summed E-state index contributed by atoms with van der Waals surface area (Å²) in [6.07, 6.45) is 0. The molecule has 3 heteroatoms. The van der Waals surface area contributed by atoms with Gasteiger partial charge in [0.05, 0.1) is 5.69 Å². The van der Waals surface area contributed by atoms with Crippen LogP contribution >= 0.6 is 22.9 Å². The summed E-state index contributed by atoms with van der Waals surface area (Å²) in [6.45, 7) is 0. The molecule has 5 rings (SSSR count). The normalized spacial score (nSPS) is 11.1. The summed E-state index contributed by atoms with van der Waals surface area (Å²) in [5.41, 5.74) is 3.47. The van der Waals surface area contributed by atoms with Crippen LogP contribution in [0.1, 0.15) is 0 Å². The van der Waals surface area contributed by atoms with Crippen molar-refractivity contribution in [1.82, 2.24) is 0 Å². The zero-order valence-electron chi connectivity index (χ0n) is 14.5. The maximum absolute atomic E-state index is 6.24. The molecule has 0 spiro atoms. The molecule has 1 nitrogen and oxygen atoms in total. The van der Waals surface area contributed by atoms with Gasteiger partial charge >= 0.3 is 0 Å². The molecule has 0 aliphatic carbocycles. The Labute approximate surface area is 167 Å².